The molecule has 0 atom stereocenters. The topological polar surface area (TPSA) is 9.23 Å². The Kier molecular flexibility index (Phi) is 7.18. The molecule has 0 aliphatic rings. The van der Waals surface area contributed by atoms with Gasteiger partial charge in [-0.15, -0.1) is 0 Å². The first-order valence-corrected chi connectivity index (χ1v) is 11.1. The average Bonchev–Trinajstić information content (AvgIpc) is 2.81. The van der Waals surface area contributed by atoms with Crippen molar-refractivity contribution >= 4 is 10.8 Å². The van der Waals surface area contributed by atoms with Crippen molar-refractivity contribution in [2.45, 2.75) is 26.2 Å². The van der Waals surface area contributed by atoms with Crippen LogP contribution in [0.5, 0.6) is 5.75 Å². The van der Waals surface area contributed by atoms with Crippen LogP contribution < -0.4 is 4.74 Å². The fourth-order valence-electron chi connectivity index (χ4n) is 3.66. The molecule has 5 heteroatoms. The average molecular weight is 462 g/mol. The Morgan fingerprint density at radius 3 is 2.18 bits per heavy atom. The van der Waals surface area contributed by atoms with Crippen LogP contribution in [0.3, 0.4) is 0 Å². The molecule has 0 aromatic heterocycles. The first-order chi connectivity index (χ1) is 16.4. The second kappa shape index (κ2) is 10.4. The van der Waals surface area contributed by atoms with E-state index in [1.54, 1.807) is 24.3 Å². The monoisotopic (exact) mass is 462 g/mol. The van der Waals surface area contributed by atoms with E-state index in [2.05, 4.69) is 18.8 Å². The third-order valence-corrected chi connectivity index (χ3v) is 5.43. The molecule has 0 saturated heterocycles. The van der Waals surface area contributed by atoms with Crippen molar-refractivity contribution in [2.24, 2.45) is 0 Å². The molecule has 0 spiro atoms. The van der Waals surface area contributed by atoms with Crippen LogP contribution in [0.1, 0.15) is 37.3 Å². The van der Waals surface area contributed by atoms with Crippen molar-refractivity contribution in [2.75, 3.05) is 6.61 Å². The van der Waals surface area contributed by atoms with Crippen molar-refractivity contribution in [3.05, 3.63) is 101 Å². The van der Waals surface area contributed by atoms with Crippen LogP contribution in [0.4, 0.5) is 17.6 Å². The summed E-state index contributed by atoms with van der Waals surface area (Å²) in [5.74, 6) is 3.08. The molecule has 0 fully saturated rings. The number of halogens is 4. The highest BCUT2D eigenvalue weighted by molar-refractivity contribution is 5.84. The van der Waals surface area contributed by atoms with Gasteiger partial charge in [-0.2, -0.15) is 0 Å². The van der Waals surface area contributed by atoms with Gasteiger partial charge in [0.05, 0.1) is 17.7 Å². The molecule has 4 aromatic rings. The quantitative estimate of drug-likeness (QED) is 0.160. The van der Waals surface area contributed by atoms with Crippen LogP contribution in [-0.2, 0) is 0 Å². The molecular formula is C29H22F4O. The molecule has 172 valence electrons. The molecule has 0 bridgehead atoms. The molecule has 4 rings (SSSR count). The smallest absolute Gasteiger partial charge is 0.139 e. The van der Waals surface area contributed by atoms with Gasteiger partial charge in [0.15, 0.2) is 0 Å². The normalized spacial score (nSPS) is 10.7. The van der Waals surface area contributed by atoms with Gasteiger partial charge in [-0.05, 0) is 59.2 Å². The first-order valence-electron chi connectivity index (χ1n) is 11.1. The molecule has 0 radical (unpaired) electrons. The Labute approximate surface area is 196 Å². The summed E-state index contributed by atoms with van der Waals surface area (Å²) in [5.41, 5.74) is 0.484. The second-order valence-corrected chi connectivity index (χ2v) is 7.97. The fraction of sp³-hybridized carbons (Fsp3) is 0.172. The Morgan fingerprint density at radius 2 is 1.44 bits per heavy atom. The molecule has 0 aliphatic heterocycles. The molecule has 0 unspecified atom stereocenters. The van der Waals surface area contributed by atoms with Crippen molar-refractivity contribution in [1.82, 2.24) is 0 Å². The van der Waals surface area contributed by atoms with Gasteiger partial charge in [0.2, 0.25) is 0 Å². The molecule has 0 aliphatic carbocycles. The lowest BCUT2D eigenvalue weighted by Crippen LogP contribution is -2.00. The molecular weight excluding hydrogens is 440 g/mol. The summed E-state index contributed by atoms with van der Waals surface area (Å²) in [7, 11) is 0. The van der Waals surface area contributed by atoms with Gasteiger partial charge in [-0.1, -0.05) is 49.8 Å². The van der Waals surface area contributed by atoms with E-state index in [4.69, 9.17) is 4.74 Å². The fourth-order valence-corrected chi connectivity index (χ4v) is 3.66. The van der Waals surface area contributed by atoms with Gasteiger partial charge in [0.1, 0.15) is 29.0 Å². The number of ether oxygens (including phenoxy) is 1. The maximum atomic E-state index is 14.7. The zero-order valence-electron chi connectivity index (χ0n) is 18.6. The summed E-state index contributed by atoms with van der Waals surface area (Å²) >= 11 is 0. The number of rotatable bonds is 6. The Hall–Kier alpha value is -3.78. The number of unbranched alkanes of at least 4 members (excludes halogenated alkanes) is 2. The molecule has 0 saturated carbocycles. The summed E-state index contributed by atoms with van der Waals surface area (Å²) in [6.45, 7) is 2.43. The van der Waals surface area contributed by atoms with E-state index in [0.717, 1.165) is 48.2 Å². The lowest BCUT2D eigenvalue weighted by Gasteiger charge is -2.10. The van der Waals surface area contributed by atoms with Gasteiger partial charge in [0, 0.05) is 17.7 Å². The second-order valence-electron chi connectivity index (χ2n) is 7.97. The minimum Gasteiger partial charge on any atom is -0.493 e. The largest absolute Gasteiger partial charge is 0.493 e. The van der Waals surface area contributed by atoms with E-state index in [0.29, 0.717) is 12.2 Å². The Bertz CT molecular complexity index is 1380. The SMILES string of the molecule is CCCCCOc1cc(F)c(-c2ccc(C#Cc3ccc4cc(F)ccc4c3)c(F)c2)c(F)c1. The highest BCUT2D eigenvalue weighted by atomic mass is 19.1. The summed E-state index contributed by atoms with van der Waals surface area (Å²) in [5, 5.41) is 1.55. The van der Waals surface area contributed by atoms with E-state index in [1.807, 2.05) is 0 Å². The summed E-state index contributed by atoms with van der Waals surface area (Å²) in [6.07, 6.45) is 2.78. The standard InChI is InChI=1S/C29H22F4O/c1-2-3-4-13-34-25-17-27(32)29(28(33)18-25)23-10-9-20(26(31)16-23)7-5-19-6-8-22-15-24(30)12-11-21(22)14-19/h6,8-12,14-18H,2-4,13H2,1H3. The summed E-state index contributed by atoms with van der Waals surface area (Å²) in [6, 6.07) is 15.8. The van der Waals surface area contributed by atoms with E-state index in [9.17, 15) is 17.6 Å². The minimum atomic E-state index is -0.823. The van der Waals surface area contributed by atoms with Crippen LogP contribution in [-0.4, -0.2) is 6.61 Å². The van der Waals surface area contributed by atoms with E-state index >= 15 is 0 Å². The summed E-state index contributed by atoms with van der Waals surface area (Å²) in [4.78, 5) is 0. The van der Waals surface area contributed by atoms with Crippen molar-refractivity contribution in [1.29, 1.82) is 0 Å². The van der Waals surface area contributed by atoms with Crippen molar-refractivity contribution in [3.8, 4) is 28.7 Å². The van der Waals surface area contributed by atoms with Gasteiger partial charge in [-0.25, -0.2) is 17.6 Å². The minimum absolute atomic E-state index is 0.0725. The highest BCUT2D eigenvalue weighted by Gasteiger charge is 2.15. The maximum Gasteiger partial charge on any atom is 0.139 e. The molecule has 4 aromatic carbocycles. The van der Waals surface area contributed by atoms with E-state index < -0.39 is 17.5 Å². The van der Waals surface area contributed by atoms with Gasteiger partial charge < -0.3 is 4.74 Å². The lowest BCUT2D eigenvalue weighted by atomic mass is 10.0. The highest BCUT2D eigenvalue weighted by Crippen LogP contribution is 2.31. The zero-order chi connectivity index (χ0) is 24.1. The zero-order valence-corrected chi connectivity index (χ0v) is 18.6. The van der Waals surface area contributed by atoms with Crippen molar-refractivity contribution < 1.29 is 22.3 Å². The molecule has 0 amide bonds. The van der Waals surface area contributed by atoms with Crippen LogP contribution in [0.25, 0.3) is 21.9 Å². The molecule has 0 heterocycles. The van der Waals surface area contributed by atoms with Crippen LogP contribution in [0.2, 0.25) is 0 Å². The van der Waals surface area contributed by atoms with Crippen LogP contribution in [0, 0.1) is 35.1 Å². The predicted molar refractivity (Wildman–Crippen MR) is 127 cm³/mol. The maximum absolute atomic E-state index is 14.7. The third kappa shape index (κ3) is 5.40. The van der Waals surface area contributed by atoms with Gasteiger partial charge in [-0.3, -0.25) is 0 Å². The molecule has 0 N–H and O–H groups in total. The molecule has 1 nitrogen and oxygen atoms in total. The van der Waals surface area contributed by atoms with Crippen LogP contribution >= 0.6 is 0 Å². The van der Waals surface area contributed by atoms with E-state index in [-0.39, 0.29) is 28.3 Å². The van der Waals surface area contributed by atoms with Crippen LogP contribution in [0.15, 0.2) is 66.7 Å². The number of hydrogen-bond donors (Lipinski definition) is 0. The van der Waals surface area contributed by atoms with Gasteiger partial charge >= 0.3 is 0 Å². The van der Waals surface area contributed by atoms with E-state index in [1.165, 1.54) is 24.3 Å². The molecule has 34 heavy (non-hydrogen) atoms. The Balaban J connectivity index is 1.56. The third-order valence-electron chi connectivity index (χ3n) is 5.43. The predicted octanol–water partition coefficient (Wildman–Crippen LogP) is 8.03. The van der Waals surface area contributed by atoms with Crippen molar-refractivity contribution in [3.63, 3.8) is 0 Å². The number of hydrogen-bond acceptors (Lipinski definition) is 1. The number of fused-ring (bicyclic) bond motifs is 1. The number of benzene rings is 4. The lowest BCUT2D eigenvalue weighted by molar-refractivity contribution is 0.303. The first kappa shape index (κ1) is 23.4. The van der Waals surface area contributed by atoms with Gasteiger partial charge in [0.25, 0.3) is 0 Å². The summed E-state index contributed by atoms with van der Waals surface area (Å²) < 4.78 is 62.7. The Morgan fingerprint density at radius 1 is 0.706 bits per heavy atom.